The number of carbonyl (C=O) groups is 1. The molecule has 9 nitrogen and oxygen atoms in total. The van der Waals surface area contributed by atoms with E-state index < -0.39 is 12.4 Å². The quantitative estimate of drug-likeness (QED) is 0.160. The topological polar surface area (TPSA) is 108 Å². The first-order valence-electron chi connectivity index (χ1n) is 14.1. The van der Waals surface area contributed by atoms with Gasteiger partial charge in [0.05, 0.1) is 18.8 Å². The first kappa shape index (κ1) is 30.5. The zero-order valence-electron chi connectivity index (χ0n) is 24.3. The lowest BCUT2D eigenvalue weighted by Crippen LogP contribution is -2.38. The van der Waals surface area contributed by atoms with Gasteiger partial charge in [-0.1, -0.05) is 104 Å². The van der Waals surface area contributed by atoms with Crippen LogP contribution in [0.25, 0.3) is 11.1 Å². The lowest BCUT2D eigenvalue weighted by atomic mass is 9.91. The maximum absolute atomic E-state index is 12.0. The van der Waals surface area contributed by atoms with Crippen molar-refractivity contribution in [2.45, 2.75) is 43.7 Å². The molecular formula is C33H36N4O5S. The Morgan fingerprint density at radius 1 is 1.09 bits per heavy atom. The van der Waals surface area contributed by atoms with Gasteiger partial charge in [-0.3, -0.25) is 0 Å². The van der Waals surface area contributed by atoms with Crippen molar-refractivity contribution >= 4 is 17.9 Å². The van der Waals surface area contributed by atoms with E-state index in [0.717, 1.165) is 38.5 Å². The number of hydrogen-bond donors (Lipinski definition) is 2. The highest BCUT2D eigenvalue weighted by molar-refractivity contribution is 7.99. The predicted octanol–water partition coefficient (Wildman–Crippen LogP) is 5.97. The molecule has 0 spiro atoms. The van der Waals surface area contributed by atoms with Gasteiger partial charge in [0.15, 0.2) is 11.4 Å². The highest BCUT2D eigenvalue weighted by atomic mass is 32.2. The molecule has 2 N–H and O–H groups in total. The van der Waals surface area contributed by atoms with E-state index in [0.29, 0.717) is 12.3 Å². The Bertz CT molecular complexity index is 1510. The number of amides is 1. The van der Waals surface area contributed by atoms with Gasteiger partial charge in [0.1, 0.15) is 12.9 Å². The van der Waals surface area contributed by atoms with Gasteiger partial charge in [0.25, 0.3) is 0 Å². The molecule has 0 radical (unpaired) electrons. The van der Waals surface area contributed by atoms with E-state index >= 15 is 0 Å². The van der Waals surface area contributed by atoms with Crippen LogP contribution < -0.4 is 5.32 Å². The fourth-order valence-corrected chi connectivity index (χ4v) is 6.05. The maximum atomic E-state index is 12.0. The number of benzene rings is 3. The minimum absolute atomic E-state index is 0.00496. The molecule has 2 heterocycles. The fraction of sp³-hybridized carbons (Fsp3) is 0.303. The summed E-state index contributed by atoms with van der Waals surface area (Å²) in [5.41, 5.74) is 5.79. The second kappa shape index (κ2) is 14.5. The molecule has 4 atom stereocenters. The van der Waals surface area contributed by atoms with E-state index in [1.54, 1.807) is 18.1 Å². The second-order valence-corrected chi connectivity index (χ2v) is 11.4. The molecule has 10 heteroatoms. The Morgan fingerprint density at radius 3 is 2.53 bits per heavy atom. The van der Waals surface area contributed by atoms with Crippen molar-refractivity contribution in [3.05, 3.63) is 114 Å². The first-order chi connectivity index (χ1) is 21.0. The third-order valence-corrected chi connectivity index (χ3v) is 8.56. The number of ether oxygens (including phenoxy) is 3. The summed E-state index contributed by atoms with van der Waals surface area (Å²) in [6, 6.07) is 24.0. The van der Waals surface area contributed by atoms with E-state index in [4.69, 9.17) is 14.2 Å². The minimum Gasteiger partial charge on any atom is -0.445 e. The number of aliphatic hydroxyl groups is 1. The molecule has 1 aromatic heterocycles. The fourth-order valence-electron chi connectivity index (χ4n) is 5.00. The van der Waals surface area contributed by atoms with Crippen molar-refractivity contribution in [2.75, 3.05) is 12.4 Å². The second-order valence-electron chi connectivity index (χ2n) is 10.4. The average molecular weight is 601 g/mol. The first-order valence-corrected chi connectivity index (χ1v) is 15.1. The van der Waals surface area contributed by atoms with E-state index in [-0.39, 0.29) is 31.3 Å². The molecule has 1 fully saturated rings. The van der Waals surface area contributed by atoms with E-state index in [2.05, 4.69) is 29.0 Å². The van der Waals surface area contributed by atoms with Gasteiger partial charge in [0.2, 0.25) is 0 Å². The Balaban J connectivity index is 1.35. The molecule has 4 aromatic rings. The molecule has 0 unspecified atom stereocenters. The van der Waals surface area contributed by atoms with Gasteiger partial charge in [-0.2, -0.15) is 0 Å². The summed E-state index contributed by atoms with van der Waals surface area (Å²) < 4.78 is 20.1. The van der Waals surface area contributed by atoms with Crippen LogP contribution >= 0.6 is 11.8 Å². The summed E-state index contributed by atoms with van der Waals surface area (Å²) in [7, 11) is 1.93. The summed E-state index contributed by atoms with van der Waals surface area (Å²) >= 11 is 1.61. The number of hydrogen-bond acceptors (Lipinski definition) is 8. The van der Waals surface area contributed by atoms with Crippen LogP contribution in [-0.2, 0) is 34.4 Å². The number of nitrogens with zero attached hydrogens (tertiary/aromatic N) is 3. The Kier molecular flexibility index (Phi) is 10.3. The van der Waals surface area contributed by atoms with Crippen molar-refractivity contribution in [1.29, 1.82) is 0 Å². The summed E-state index contributed by atoms with van der Waals surface area (Å²) in [4.78, 5) is 12.0. The Labute approximate surface area is 255 Å². The van der Waals surface area contributed by atoms with E-state index in [1.807, 2.05) is 84.4 Å². The lowest BCUT2D eigenvalue weighted by Gasteiger charge is -2.41. The molecule has 3 aromatic carbocycles. The monoisotopic (exact) mass is 600 g/mol. The number of nitrogens with one attached hydrogen (secondary N) is 1. The summed E-state index contributed by atoms with van der Waals surface area (Å²) in [6.07, 6.45) is 1.84. The van der Waals surface area contributed by atoms with Gasteiger partial charge in [-0.15, -0.1) is 10.2 Å². The zero-order chi connectivity index (χ0) is 30.2. The van der Waals surface area contributed by atoms with Crippen LogP contribution in [0.2, 0.25) is 0 Å². The zero-order valence-corrected chi connectivity index (χ0v) is 25.1. The Morgan fingerprint density at radius 2 is 1.84 bits per heavy atom. The molecule has 1 aliphatic rings. The van der Waals surface area contributed by atoms with Crippen LogP contribution in [0.3, 0.4) is 0 Å². The average Bonchev–Trinajstić information content (AvgIpc) is 3.46. The van der Waals surface area contributed by atoms with Crippen molar-refractivity contribution in [1.82, 2.24) is 20.1 Å². The molecule has 0 aliphatic carbocycles. The van der Waals surface area contributed by atoms with Crippen LogP contribution in [0.1, 0.15) is 41.6 Å². The third kappa shape index (κ3) is 7.52. The van der Waals surface area contributed by atoms with Crippen molar-refractivity contribution in [2.24, 2.45) is 13.0 Å². The highest BCUT2D eigenvalue weighted by Crippen LogP contribution is 2.43. The van der Waals surface area contributed by atoms with Crippen molar-refractivity contribution in [3.8, 4) is 11.1 Å². The van der Waals surface area contributed by atoms with Gasteiger partial charge in [0, 0.05) is 30.8 Å². The number of alkyl carbamates (subject to hydrolysis) is 1. The van der Waals surface area contributed by atoms with Gasteiger partial charge in [-0.05, 0) is 27.8 Å². The Hall–Kier alpha value is -3.96. The molecule has 224 valence electrons. The lowest BCUT2D eigenvalue weighted by molar-refractivity contribution is -0.268. The van der Waals surface area contributed by atoms with Crippen LogP contribution in [0.5, 0.6) is 0 Å². The highest BCUT2D eigenvalue weighted by Gasteiger charge is 2.38. The van der Waals surface area contributed by atoms with Crippen molar-refractivity contribution < 1.29 is 24.1 Å². The number of thioether (sulfide) groups is 1. The van der Waals surface area contributed by atoms with Crippen LogP contribution in [0.4, 0.5) is 4.79 Å². The molecule has 1 aliphatic heterocycles. The van der Waals surface area contributed by atoms with Gasteiger partial charge < -0.3 is 29.2 Å². The third-order valence-electron chi connectivity index (χ3n) is 7.44. The molecule has 43 heavy (non-hydrogen) atoms. The number of aliphatic hydroxyl groups excluding tert-OH is 1. The van der Waals surface area contributed by atoms with E-state index in [9.17, 15) is 9.90 Å². The predicted molar refractivity (Wildman–Crippen MR) is 165 cm³/mol. The number of carbonyl (C=O) groups excluding carboxylic acids is 1. The molecular weight excluding hydrogens is 564 g/mol. The summed E-state index contributed by atoms with van der Waals surface area (Å²) in [6.45, 7) is 6.20. The smallest absolute Gasteiger partial charge is 0.407 e. The van der Waals surface area contributed by atoms with E-state index in [1.165, 1.54) is 6.08 Å². The molecule has 1 amide bonds. The standard InChI is InChI=1S/C33H36N4O5S/c1-4-17-40-33(39)34-18-27-7-5-6-8-28(27)24-13-15-26(16-14-24)31-41-29(20-43-32-36-35-21-37(32)3)22(2)30(42-31)25-11-9-23(19-38)10-12-25/h4-16,21-22,29-31,38H,1,17-20H2,2-3H3,(H,34,39)/t22-,29+,30+,31+/m1/s1. The number of aromatic nitrogens is 3. The minimum atomic E-state index is -0.575. The maximum Gasteiger partial charge on any atom is 0.407 e. The SMILES string of the molecule is C=CCOC(=O)NCc1ccccc1-c1ccc([C@H]2O[C@@H](CSc3nncn3C)[C@@H](C)[C@@H](c3ccc(CO)cc3)O2)cc1. The van der Waals surface area contributed by atoms with Gasteiger partial charge in [-0.25, -0.2) is 4.79 Å². The normalized spacial score (nSPS) is 20.0. The van der Waals surface area contributed by atoms with Crippen LogP contribution in [0.15, 0.2) is 96.9 Å². The number of rotatable bonds is 11. The summed E-state index contributed by atoms with van der Waals surface area (Å²) in [5.74, 6) is 0.751. The molecule has 1 saturated heterocycles. The number of aryl methyl sites for hydroxylation is 1. The largest absolute Gasteiger partial charge is 0.445 e. The molecule has 0 bridgehead atoms. The molecule has 0 saturated carbocycles. The van der Waals surface area contributed by atoms with Gasteiger partial charge >= 0.3 is 6.09 Å². The van der Waals surface area contributed by atoms with Crippen molar-refractivity contribution in [3.63, 3.8) is 0 Å². The van der Waals surface area contributed by atoms with Crippen LogP contribution in [0, 0.1) is 5.92 Å². The molecule has 5 rings (SSSR count). The summed E-state index contributed by atoms with van der Waals surface area (Å²) in [5, 5.41) is 21.3. The van der Waals surface area contributed by atoms with Crippen LogP contribution in [-0.4, -0.2) is 44.4 Å².